The molecule has 0 fully saturated rings. The third-order valence-corrected chi connectivity index (χ3v) is 5.89. The summed E-state index contributed by atoms with van der Waals surface area (Å²) in [7, 11) is -4.31. The molecule has 9 heteroatoms. The second-order valence-electron chi connectivity index (χ2n) is 6.68. The lowest BCUT2D eigenvalue weighted by molar-refractivity contribution is -0.137. The van der Waals surface area contributed by atoms with Gasteiger partial charge in [0, 0.05) is 17.7 Å². The smallest absolute Gasteiger partial charge is 0.416 e. The highest BCUT2D eigenvalue weighted by atomic mass is 32.2. The molecule has 31 heavy (non-hydrogen) atoms. The normalized spacial score (nSPS) is 12.1. The second-order valence-corrected chi connectivity index (χ2v) is 8.37. The molecule has 0 saturated carbocycles. The van der Waals surface area contributed by atoms with Gasteiger partial charge in [0.25, 0.3) is 10.0 Å². The number of nitrogens with one attached hydrogen (secondary N) is 1. The third-order valence-electron chi connectivity index (χ3n) is 4.51. The maximum Gasteiger partial charge on any atom is 0.416 e. The Balaban J connectivity index is 1.73. The molecule has 0 aliphatic rings. The standard InChI is InChI=1S/C22H14F3NO4S/c23-22(24,25)15-7-4-8-17(11-15)31(28,29)26-16-9-10-18-19(27)13-20(30-21(18)12-16)14-5-2-1-3-6-14/h1-13,26H. The fourth-order valence-corrected chi connectivity index (χ4v) is 4.11. The largest absolute Gasteiger partial charge is 0.456 e. The minimum absolute atomic E-state index is 0.0401. The van der Waals surface area contributed by atoms with Crippen molar-refractivity contribution in [1.29, 1.82) is 0 Å². The van der Waals surface area contributed by atoms with Crippen LogP contribution in [-0.2, 0) is 16.2 Å². The average Bonchev–Trinajstić information content (AvgIpc) is 2.73. The van der Waals surface area contributed by atoms with Crippen molar-refractivity contribution >= 4 is 26.7 Å². The second kappa shape index (κ2) is 7.59. The topological polar surface area (TPSA) is 76.4 Å². The number of alkyl halides is 3. The van der Waals surface area contributed by atoms with Crippen molar-refractivity contribution in [2.75, 3.05) is 4.72 Å². The van der Waals surface area contributed by atoms with Gasteiger partial charge in [0.15, 0.2) is 5.43 Å². The SMILES string of the molecule is O=c1cc(-c2ccccc2)oc2cc(NS(=O)(=O)c3cccc(C(F)(F)F)c3)ccc12. The van der Waals surface area contributed by atoms with Crippen molar-refractivity contribution in [2.24, 2.45) is 0 Å². The van der Waals surface area contributed by atoms with Crippen LogP contribution in [0.2, 0.25) is 0 Å². The lowest BCUT2D eigenvalue weighted by atomic mass is 10.1. The van der Waals surface area contributed by atoms with Crippen molar-refractivity contribution in [2.45, 2.75) is 11.1 Å². The molecule has 158 valence electrons. The molecule has 0 amide bonds. The molecule has 1 aromatic heterocycles. The predicted octanol–water partition coefficient (Wildman–Crippen LogP) is 5.28. The Hall–Kier alpha value is -3.59. The van der Waals surface area contributed by atoms with Gasteiger partial charge in [-0.1, -0.05) is 36.4 Å². The zero-order valence-corrected chi connectivity index (χ0v) is 16.5. The van der Waals surface area contributed by atoms with E-state index in [0.29, 0.717) is 17.4 Å². The fourth-order valence-electron chi connectivity index (χ4n) is 3.02. The van der Waals surface area contributed by atoms with Crippen molar-refractivity contribution < 1.29 is 26.0 Å². The molecule has 0 saturated heterocycles. The zero-order chi connectivity index (χ0) is 22.2. The van der Waals surface area contributed by atoms with Gasteiger partial charge >= 0.3 is 6.18 Å². The van der Waals surface area contributed by atoms with E-state index in [4.69, 9.17) is 4.42 Å². The molecule has 0 spiro atoms. The van der Waals surface area contributed by atoms with E-state index >= 15 is 0 Å². The molecule has 0 radical (unpaired) electrons. The number of anilines is 1. The quantitative estimate of drug-likeness (QED) is 0.464. The lowest BCUT2D eigenvalue weighted by Crippen LogP contribution is -2.14. The Morgan fingerprint density at radius 3 is 2.29 bits per heavy atom. The fraction of sp³-hybridized carbons (Fsp3) is 0.0455. The number of rotatable bonds is 4. The molecule has 5 nitrogen and oxygen atoms in total. The van der Waals surface area contributed by atoms with E-state index in [0.717, 1.165) is 18.2 Å². The Labute approximate surface area is 174 Å². The molecule has 1 heterocycles. The minimum Gasteiger partial charge on any atom is -0.456 e. The first-order valence-corrected chi connectivity index (χ1v) is 10.5. The van der Waals surface area contributed by atoms with Crippen LogP contribution in [0, 0.1) is 0 Å². The van der Waals surface area contributed by atoms with E-state index < -0.39 is 26.7 Å². The number of benzene rings is 3. The summed E-state index contributed by atoms with van der Waals surface area (Å²) < 4.78 is 71.9. The van der Waals surface area contributed by atoms with Gasteiger partial charge in [-0.05, 0) is 30.3 Å². The van der Waals surface area contributed by atoms with Crippen LogP contribution in [0.1, 0.15) is 5.56 Å². The summed E-state index contributed by atoms with van der Waals surface area (Å²) in [4.78, 5) is 11.9. The van der Waals surface area contributed by atoms with Crippen LogP contribution in [0.5, 0.6) is 0 Å². The van der Waals surface area contributed by atoms with E-state index in [1.165, 1.54) is 24.3 Å². The van der Waals surface area contributed by atoms with E-state index in [1.807, 2.05) is 6.07 Å². The highest BCUT2D eigenvalue weighted by molar-refractivity contribution is 7.92. The first-order valence-electron chi connectivity index (χ1n) is 8.97. The molecular formula is C22H14F3NO4S. The lowest BCUT2D eigenvalue weighted by Gasteiger charge is -2.11. The molecule has 0 unspecified atom stereocenters. The highest BCUT2D eigenvalue weighted by Crippen LogP contribution is 2.31. The number of hydrogen-bond acceptors (Lipinski definition) is 4. The summed E-state index contributed by atoms with van der Waals surface area (Å²) in [5, 5.41) is 0.238. The Morgan fingerprint density at radius 2 is 1.58 bits per heavy atom. The number of sulfonamides is 1. The van der Waals surface area contributed by atoms with Gasteiger partial charge in [0.05, 0.1) is 21.5 Å². The van der Waals surface area contributed by atoms with Crippen molar-refractivity contribution in [1.82, 2.24) is 0 Å². The van der Waals surface area contributed by atoms with Gasteiger partial charge in [0.2, 0.25) is 0 Å². The van der Waals surface area contributed by atoms with Gasteiger partial charge in [-0.25, -0.2) is 8.42 Å². The van der Waals surface area contributed by atoms with E-state index in [2.05, 4.69) is 4.72 Å². The summed E-state index contributed by atoms with van der Waals surface area (Å²) in [5.41, 5.74) is -0.551. The Bertz CT molecular complexity index is 1430. The zero-order valence-electron chi connectivity index (χ0n) is 15.7. The molecule has 0 aliphatic carbocycles. The first kappa shape index (κ1) is 20.7. The summed E-state index contributed by atoms with van der Waals surface area (Å²) in [6, 6.07) is 17.7. The molecule has 3 aromatic carbocycles. The van der Waals surface area contributed by atoms with Crippen molar-refractivity contribution in [3.63, 3.8) is 0 Å². The van der Waals surface area contributed by atoms with Crippen LogP contribution in [-0.4, -0.2) is 8.42 Å². The predicted molar refractivity (Wildman–Crippen MR) is 110 cm³/mol. The van der Waals surface area contributed by atoms with Crippen LogP contribution in [0.25, 0.3) is 22.3 Å². The van der Waals surface area contributed by atoms with Crippen LogP contribution >= 0.6 is 0 Å². The first-order chi connectivity index (χ1) is 14.6. The molecule has 0 aliphatic heterocycles. The minimum atomic E-state index is -4.67. The van der Waals surface area contributed by atoms with Gasteiger partial charge in [-0.15, -0.1) is 0 Å². The number of halogens is 3. The summed E-state index contributed by atoms with van der Waals surface area (Å²) in [6.07, 6.45) is -4.67. The third kappa shape index (κ3) is 4.31. The van der Waals surface area contributed by atoms with Gasteiger partial charge < -0.3 is 4.42 Å². The molecule has 0 atom stereocenters. The van der Waals surface area contributed by atoms with Crippen molar-refractivity contribution in [3.05, 3.63) is 94.6 Å². The summed E-state index contributed by atoms with van der Waals surface area (Å²) in [6.45, 7) is 0. The van der Waals surface area contributed by atoms with Crippen LogP contribution in [0.15, 0.2) is 93.0 Å². The maximum absolute atomic E-state index is 12.9. The van der Waals surface area contributed by atoms with E-state index in [1.54, 1.807) is 24.3 Å². The Morgan fingerprint density at radius 1 is 0.839 bits per heavy atom. The molecule has 0 bridgehead atoms. The Kier molecular flexibility index (Phi) is 5.06. The van der Waals surface area contributed by atoms with Crippen molar-refractivity contribution in [3.8, 4) is 11.3 Å². The van der Waals surface area contributed by atoms with Gasteiger partial charge in [0.1, 0.15) is 11.3 Å². The van der Waals surface area contributed by atoms with Crippen LogP contribution in [0.4, 0.5) is 18.9 Å². The molecule has 1 N–H and O–H groups in total. The van der Waals surface area contributed by atoms with Crippen LogP contribution in [0.3, 0.4) is 0 Å². The molecule has 4 rings (SSSR count). The van der Waals surface area contributed by atoms with E-state index in [9.17, 15) is 26.4 Å². The average molecular weight is 445 g/mol. The van der Waals surface area contributed by atoms with E-state index in [-0.39, 0.29) is 22.1 Å². The molecule has 4 aromatic rings. The summed E-state index contributed by atoms with van der Waals surface area (Å²) in [5.74, 6) is 0.302. The number of hydrogen-bond donors (Lipinski definition) is 1. The van der Waals surface area contributed by atoms with Crippen LogP contribution < -0.4 is 10.2 Å². The number of fused-ring (bicyclic) bond motifs is 1. The maximum atomic E-state index is 12.9. The van der Waals surface area contributed by atoms with Gasteiger partial charge in [-0.2, -0.15) is 13.2 Å². The monoisotopic (exact) mass is 445 g/mol. The highest BCUT2D eigenvalue weighted by Gasteiger charge is 2.31. The summed E-state index contributed by atoms with van der Waals surface area (Å²) >= 11 is 0. The molecular weight excluding hydrogens is 431 g/mol. The van der Waals surface area contributed by atoms with Gasteiger partial charge in [-0.3, -0.25) is 9.52 Å².